The summed E-state index contributed by atoms with van der Waals surface area (Å²) in [5, 5.41) is 6.23. The van der Waals surface area contributed by atoms with Crippen molar-refractivity contribution < 1.29 is 4.74 Å². The van der Waals surface area contributed by atoms with Crippen LogP contribution >= 0.6 is 27.5 Å². The van der Waals surface area contributed by atoms with Gasteiger partial charge in [0.15, 0.2) is 0 Å². The van der Waals surface area contributed by atoms with Gasteiger partial charge in [0, 0.05) is 28.6 Å². The third kappa shape index (κ3) is 3.59. The van der Waals surface area contributed by atoms with E-state index in [0.717, 1.165) is 52.2 Å². The number of hydrogen-bond acceptors (Lipinski definition) is 4. The Hall–Kier alpha value is -1.63. The smallest absolute Gasteiger partial charge is 0.129 e. The van der Waals surface area contributed by atoms with Crippen molar-refractivity contribution in [2.75, 3.05) is 24.6 Å². The molecule has 0 radical (unpaired) electrons. The maximum absolute atomic E-state index is 6.38. The van der Waals surface area contributed by atoms with Gasteiger partial charge < -0.3 is 9.64 Å². The molecule has 0 bridgehead atoms. The van der Waals surface area contributed by atoms with Gasteiger partial charge in [-0.15, -0.1) is 0 Å². The Bertz CT molecular complexity index is 958. The standard InChI is InChI=1S/C19H20BrClN4O/c1-12-7-13(2)25(23-12)11-16-10-24(5-6-26-16)18-4-3-14-8-15(20)9-17(21)19(14)22-18/h3-4,7-9,16H,5-6,10-11H2,1-2H3. The molecule has 0 amide bonds. The van der Waals surface area contributed by atoms with Crippen molar-refractivity contribution in [2.24, 2.45) is 0 Å². The van der Waals surface area contributed by atoms with Gasteiger partial charge in [0.05, 0.1) is 35.5 Å². The quantitative estimate of drug-likeness (QED) is 0.613. The minimum absolute atomic E-state index is 0.0830. The highest BCUT2D eigenvalue weighted by Crippen LogP contribution is 2.29. The van der Waals surface area contributed by atoms with Crippen LogP contribution in [0.1, 0.15) is 11.4 Å². The highest BCUT2D eigenvalue weighted by molar-refractivity contribution is 9.10. The molecule has 0 aliphatic carbocycles. The fourth-order valence-electron chi connectivity index (χ4n) is 3.41. The van der Waals surface area contributed by atoms with E-state index in [1.807, 2.05) is 23.7 Å². The van der Waals surface area contributed by atoms with Gasteiger partial charge in [-0.2, -0.15) is 5.10 Å². The molecule has 1 aliphatic rings. The van der Waals surface area contributed by atoms with Crippen molar-refractivity contribution in [1.82, 2.24) is 14.8 Å². The number of aromatic nitrogens is 3. The molecule has 1 atom stereocenters. The van der Waals surface area contributed by atoms with Crippen LogP contribution in [-0.4, -0.2) is 40.6 Å². The second kappa shape index (κ2) is 7.18. The largest absolute Gasteiger partial charge is 0.373 e. The summed E-state index contributed by atoms with van der Waals surface area (Å²) < 4.78 is 8.94. The van der Waals surface area contributed by atoms with Crippen LogP contribution in [0.2, 0.25) is 5.02 Å². The molecule has 0 N–H and O–H groups in total. The van der Waals surface area contributed by atoms with Gasteiger partial charge in [0.2, 0.25) is 0 Å². The molecule has 26 heavy (non-hydrogen) atoms. The summed E-state index contributed by atoms with van der Waals surface area (Å²) in [5.74, 6) is 0.934. The highest BCUT2D eigenvalue weighted by Gasteiger charge is 2.23. The Labute approximate surface area is 166 Å². The van der Waals surface area contributed by atoms with E-state index < -0.39 is 0 Å². The van der Waals surface area contributed by atoms with E-state index in [4.69, 9.17) is 21.3 Å². The zero-order chi connectivity index (χ0) is 18.3. The van der Waals surface area contributed by atoms with Crippen molar-refractivity contribution in [3.8, 4) is 0 Å². The van der Waals surface area contributed by atoms with E-state index in [9.17, 15) is 0 Å². The summed E-state index contributed by atoms with van der Waals surface area (Å²) in [4.78, 5) is 7.06. The number of aryl methyl sites for hydroxylation is 2. The Kier molecular flexibility index (Phi) is 4.90. The summed E-state index contributed by atoms with van der Waals surface area (Å²) in [6, 6.07) is 10.1. The Balaban J connectivity index is 1.56. The second-order valence-corrected chi connectivity index (χ2v) is 8.00. The number of nitrogens with zero attached hydrogens (tertiary/aromatic N) is 4. The van der Waals surface area contributed by atoms with E-state index in [2.05, 4.69) is 51.1 Å². The molecule has 3 heterocycles. The lowest BCUT2D eigenvalue weighted by Crippen LogP contribution is -2.44. The molecule has 1 fully saturated rings. The normalized spacial score (nSPS) is 17.8. The van der Waals surface area contributed by atoms with Crippen LogP contribution in [0.3, 0.4) is 0 Å². The Morgan fingerprint density at radius 1 is 1.27 bits per heavy atom. The number of fused-ring (bicyclic) bond motifs is 1. The minimum atomic E-state index is 0.0830. The molecule has 2 aromatic heterocycles. The average Bonchev–Trinajstić information content (AvgIpc) is 2.92. The molecule has 1 aliphatic heterocycles. The van der Waals surface area contributed by atoms with Crippen molar-refractivity contribution in [1.29, 1.82) is 0 Å². The Morgan fingerprint density at radius 2 is 2.12 bits per heavy atom. The van der Waals surface area contributed by atoms with E-state index in [1.54, 1.807) is 0 Å². The lowest BCUT2D eigenvalue weighted by atomic mass is 10.2. The van der Waals surface area contributed by atoms with Gasteiger partial charge in [-0.1, -0.05) is 27.5 Å². The predicted molar refractivity (Wildman–Crippen MR) is 108 cm³/mol. The first-order valence-corrected chi connectivity index (χ1v) is 9.80. The fourth-order valence-corrected chi connectivity index (χ4v) is 4.29. The maximum atomic E-state index is 6.38. The van der Waals surface area contributed by atoms with Gasteiger partial charge in [-0.25, -0.2) is 4.98 Å². The first kappa shape index (κ1) is 17.8. The van der Waals surface area contributed by atoms with Crippen LogP contribution in [0.25, 0.3) is 10.9 Å². The lowest BCUT2D eigenvalue weighted by Gasteiger charge is -2.34. The molecule has 7 heteroatoms. The van der Waals surface area contributed by atoms with Crippen LogP contribution in [0, 0.1) is 13.8 Å². The number of ether oxygens (including phenoxy) is 1. The zero-order valence-corrected chi connectivity index (χ0v) is 17.1. The summed E-state index contributed by atoms with van der Waals surface area (Å²) >= 11 is 9.86. The van der Waals surface area contributed by atoms with Crippen LogP contribution in [0.15, 0.2) is 34.8 Å². The summed E-state index contributed by atoms with van der Waals surface area (Å²) in [7, 11) is 0. The summed E-state index contributed by atoms with van der Waals surface area (Å²) in [6.45, 7) is 7.12. The van der Waals surface area contributed by atoms with Gasteiger partial charge in [0.1, 0.15) is 5.82 Å². The molecule has 1 saturated heterocycles. The van der Waals surface area contributed by atoms with Gasteiger partial charge >= 0.3 is 0 Å². The van der Waals surface area contributed by atoms with Crippen molar-refractivity contribution in [3.05, 3.63) is 51.2 Å². The van der Waals surface area contributed by atoms with Gasteiger partial charge in [-0.3, -0.25) is 4.68 Å². The SMILES string of the molecule is Cc1cc(C)n(CC2CN(c3ccc4cc(Br)cc(Cl)c4n3)CCO2)n1. The number of pyridine rings is 1. The van der Waals surface area contributed by atoms with E-state index in [-0.39, 0.29) is 6.10 Å². The van der Waals surface area contributed by atoms with Crippen molar-refractivity contribution in [3.63, 3.8) is 0 Å². The molecule has 1 aromatic carbocycles. The average molecular weight is 436 g/mol. The van der Waals surface area contributed by atoms with E-state index in [0.29, 0.717) is 11.6 Å². The van der Waals surface area contributed by atoms with Crippen LogP contribution in [0.5, 0.6) is 0 Å². The van der Waals surface area contributed by atoms with E-state index >= 15 is 0 Å². The third-order valence-corrected chi connectivity index (χ3v) is 5.38. The van der Waals surface area contributed by atoms with Crippen molar-refractivity contribution >= 4 is 44.3 Å². The molecule has 4 rings (SSSR count). The summed E-state index contributed by atoms with van der Waals surface area (Å²) in [6.07, 6.45) is 0.0830. The number of anilines is 1. The number of morpholine rings is 1. The van der Waals surface area contributed by atoms with Crippen LogP contribution in [-0.2, 0) is 11.3 Å². The van der Waals surface area contributed by atoms with Crippen molar-refractivity contribution in [2.45, 2.75) is 26.5 Å². The minimum Gasteiger partial charge on any atom is -0.373 e. The molecule has 1 unspecified atom stereocenters. The van der Waals surface area contributed by atoms with Crippen LogP contribution < -0.4 is 4.90 Å². The first-order chi connectivity index (χ1) is 12.5. The lowest BCUT2D eigenvalue weighted by molar-refractivity contribution is 0.0268. The third-order valence-electron chi connectivity index (χ3n) is 4.64. The number of benzene rings is 1. The topological polar surface area (TPSA) is 43.2 Å². The number of rotatable bonds is 3. The van der Waals surface area contributed by atoms with Gasteiger partial charge in [0.25, 0.3) is 0 Å². The molecule has 3 aromatic rings. The molecule has 0 saturated carbocycles. The number of halogens is 2. The highest BCUT2D eigenvalue weighted by atomic mass is 79.9. The van der Waals surface area contributed by atoms with Crippen LogP contribution in [0.4, 0.5) is 5.82 Å². The predicted octanol–water partition coefficient (Wildman–Crippen LogP) is 4.37. The number of hydrogen-bond donors (Lipinski definition) is 0. The Morgan fingerprint density at radius 3 is 2.88 bits per heavy atom. The summed E-state index contributed by atoms with van der Waals surface area (Å²) in [5.41, 5.74) is 3.02. The van der Waals surface area contributed by atoms with E-state index in [1.165, 1.54) is 0 Å². The van der Waals surface area contributed by atoms with Gasteiger partial charge in [-0.05, 0) is 44.2 Å². The first-order valence-electron chi connectivity index (χ1n) is 8.63. The molecule has 5 nitrogen and oxygen atoms in total. The fraction of sp³-hybridized carbons (Fsp3) is 0.368. The molecular weight excluding hydrogens is 416 g/mol. The monoisotopic (exact) mass is 434 g/mol. The molecule has 0 spiro atoms. The maximum Gasteiger partial charge on any atom is 0.129 e. The molecular formula is C19H20BrClN4O. The molecule has 136 valence electrons. The zero-order valence-electron chi connectivity index (χ0n) is 14.7. The second-order valence-electron chi connectivity index (χ2n) is 6.68.